The molecule has 0 aromatic rings. The molecule has 0 fully saturated rings. The van der Waals surface area contributed by atoms with Crippen LogP contribution >= 0.6 is 0 Å². The summed E-state index contributed by atoms with van der Waals surface area (Å²) in [5.41, 5.74) is 0.808. The van der Waals surface area contributed by atoms with Gasteiger partial charge in [-0.1, -0.05) is 44.2 Å². The molecular formula is C12H20O2. The lowest BCUT2D eigenvalue weighted by Crippen LogP contribution is -1.95. The van der Waals surface area contributed by atoms with Crippen LogP contribution in [0, 0.1) is 0 Å². The highest BCUT2D eigenvalue weighted by atomic mass is 16.4. The van der Waals surface area contributed by atoms with Crippen molar-refractivity contribution in [1.29, 1.82) is 0 Å². The van der Waals surface area contributed by atoms with E-state index in [1.54, 1.807) is 12.2 Å². The molecular weight excluding hydrogens is 176 g/mol. The van der Waals surface area contributed by atoms with Gasteiger partial charge >= 0.3 is 5.97 Å². The van der Waals surface area contributed by atoms with E-state index in [0.29, 0.717) is 0 Å². The Morgan fingerprint density at radius 1 is 1.21 bits per heavy atom. The number of hydrogen-bond donors (Lipinski definition) is 1. The third-order valence-electron chi connectivity index (χ3n) is 1.24. The molecule has 1 N–H and O–H groups in total. The molecule has 0 amide bonds. The van der Waals surface area contributed by atoms with Crippen LogP contribution in [0.4, 0.5) is 0 Å². The molecule has 0 atom stereocenters. The first kappa shape index (κ1) is 15.2. The molecule has 0 saturated heterocycles. The smallest absolute Gasteiger partial charge is 0.307 e. The van der Waals surface area contributed by atoms with Gasteiger partial charge in [-0.05, 0) is 19.4 Å². The normalized spacial score (nSPS) is 11.6. The van der Waals surface area contributed by atoms with Gasteiger partial charge < -0.3 is 5.11 Å². The van der Waals surface area contributed by atoms with Gasteiger partial charge in [-0.2, -0.15) is 0 Å². The highest BCUT2D eigenvalue weighted by Crippen LogP contribution is 2.03. The van der Waals surface area contributed by atoms with Crippen molar-refractivity contribution in [3.8, 4) is 0 Å². The third kappa shape index (κ3) is 10.7. The first-order chi connectivity index (χ1) is 6.70. The number of aliphatic carboxylic acids is 1. The minimum atomic E-state index is -0.802. The summed E-state index contributed by atoms with van der Waals surface area (Å²) in [6.07, 6.45) is 9.21. The molecule has 0 aliphatic heterocycles. The average molecular weight is 196 g/mol. The Hall–Kier alpha value is -1.31. The molecule has 0 bridgehead atoms. The van der Waals surface area contributed by atoms with Crippen molar-refractivity contribution in [2.24, 2.45) is 0 Å². The summed E-state index contributed by atoms with van der Waals surface area (Å²) in [6.45, 7) is 7.76. The topological polar surface area (TPSA) is 37.3 Å². The molecule has 0 aromatic carbocycles. The Morgan fingerprint density at radius 3 is 2.14 bits per heavy atom. The van der Waals surface area contributed by atoms with Crippen LogP contribution in [-0.4, -0.2) is 11.1 Å². The van der Waals surface area contributed by atoms with Crippen molar-refractivity contribution in [2.75, 3.05) is 0 Å². The van der Waals surface area contributed by atoms with E-state index >= 15 is 0 Å². The predicted molar refractivity (Wildman–Crippen MR) is 61.3 cm³/mol. The van der Waals surface area contributed by atoms with Crippen LogP contribution in [0.3, 0.4) is 0 Å². The first-order valence-corrected chi connectivity index (χ1v) is 4.87. The maximum absolute atomic E-state index is 10.3. The fourth-order valence-electron chi connectivity index (χ4n) is 0.782. The van der Waals surface area contributed by atoms with Crippen LogP contribution < -0.4 is 0 Å². The molecule has 0 saturated carbocycles. The Labute approximate surface area is 86.6 Å². The van der Waals surface area contributed by atoms with E-state index in [1.807, 2.05) is 45.9 Å². The van der Waals surface area contributed by atoms with E-state index in [1.165, 1.54) is 0 Å². The minimum Gasteiger partial charge on any atom is -0.481 e. The summed E-state index contributed by atoms with van der Waals surface area (Å²) in [5.74, 6) is -0.802. The monoisotopic (exact) mass is 196 g/mol. The van der Waals surface area contributed by atoms with Crippen LogP contribution in [0.5, 0.6) is 0 Å². The molecule has 0 heterocycles. The summed E-state index contributed by atoms with van der Waals surface area (Å²) >= 11 is 0. The number of carboxylic acid groups (broad SMARTS) is 1. The van der Waals surface area contributed by atoms with Crippen molar-refractivity contribution in [3.63, 3.8) is 0 Å². The third-order valence-corrected chi connectivity index (χ3v) is 1.24. The SMILES string of the molecule is CC.C\C=C/C=C(\C=C/C)CC(=O)O. The van der Waals surface area contributed by atoms with Gasteiger partial charge in [0.25, 0.3) is 0 Å². The molecule has 0 aliphatic rings. The first-order valence-electron chi connectivity index (χ1n) is 4.87. The Bertz CT molecular complexity index is 222. The van der Waals surface area contributed by atoms with E-state index in [2.05, 4.69) is 0 Å². The van der Waals surface area contributed by atoms with Crippen LogP contribution in [0.1, 0.15) is 34.1 Å². The van der Waals surface area contributed by atoms with Crippen LogP contribution in [0.2, 0.25) is 0 Å². The fourth-order valence-corrected chi connectivity index (χ4v) is 0.782. The summed E-state index contributed by atoms with van der Waals surface area (Å²) in [5, 5.41) is 8.51. The molecule has 0 radical (unpaired) electrons. The van der Waals surface area contributed by atoms with Gasteiger partial charge in [0.15, 0.2) is 0 Å². The van der Waals surface area contributed by atoms with Gasteiger partial charge in [-0.25, -0.2) is 0 Å². The number of rotatable bonds is 4. The summed E-state index contributed by atoms with van der Waals surface area (Å²) in [7, 11) is 0. The Kier molecular flexibility index (Phi) is 12.7. The quantitative estimate of drug-likeness (QED) is 0.698. The number of allylic oxidation sites excluding steroid dienone is 5. The highest BCUT2D eigenvalue weighted by Gasteiger charge is 1.97. The van der Waals surface area contributed by atoms with Gasteiger partial charge in [-0.15, -0.1) is 0 Å². The summed E-state index contributed by atoms with van der Waals surface area (Å²) in [6, 6.07) is 0. The second-order valence-electron chi connectivity index (χ2n) is 2.34. The van der Waals surface area contributed by atoms with Gasteiger partial charge in [-0.3, -0.25) is 4.79 Å². The Morgan fingerprint density at radius 2 is 1.79 bits per heavy atom. The average Bonchev–Trinajstić information content (AvgIpc) is 2.17. The van der Waals surface area contributed by atoms with Crippen molar-refractivity contribution in [2.45, 2.75) is 34.1 Å². The molecule has 80 valence electrons. The molecule has 0 aliphatic carbocycles. The molecule has 0 aromatic heterocycles. The Balaban J connectivity index is 0. The van der Waals surface area contributed by atoms with Gasteiger partial charge in [0.05, 0.1) is 6.42 Å². The molecule has 0 unspecified atom stereocenters. The fraction of sp³-hybridized carbons (Fsp3) is 0.417. The molecule has 0 rings (SSSR count). The van der Waals surface area contributed by atoms with Gasteiger partial charge in [0, 0.05) is 0 Å². The second-order valence-corrected chi connectivity index (χ2v) is 2.34. The van der Waals surface area contributed by atoms with Crippen LogP contribution in [-0.2, 0) is 4.79 Å². The molecule has 14 heavy (non-hydrogen) atoms. The zero-order valence-corrected chi connectivity index (χ0v) is 9.45. The predicted octanol–water partition coefficient (Wildman–Crippen LogP) is 3.57. The van der Waals surface area contributed by atoms with Crippen molar-refractivity contribution >= 4 is 5.97 Å². The van der Waals surface area contributed by atoms with Crippen molar-refractivity contribution in [3.05, 3.63) is 36.0 Å². The van der Waals surface area contributed by atoms with E-state index in [4.69, 9.17) is 5.11 Å². The highest BCUT2D eigenvalue weighted by molar-refractivity contribution is 5.71. The molecule has 2 heteroatoms. The van der Waals surface area contributed by atoms with E-state index in [9.17, 15) is 4.79 Å². The van der Waals surface area contributed by atoms with Crippen molar-refractivity contribution in [1.82, 2.24) is 0 Å². The van der Waals surface area contributed by atoms with E-state index < -0.39 is 5.97 Å². The lowest BCUT2D eigenvalue weighted by atomic mass is 10.1. The largest absolute Gasteiger partial charge is 0.481 e. The number of carboxylic acids is 1. The zero-order valence-electron chi connectivity index (χ0n) is 9.45. The van der Waals surface area contributed by atoms with Crippen LogP contribution in [0.15, 0.2) is 36.0 Å². The maximum atomic E-state index is 10.3. The lowest BCUT2D eigenvalue weighted by molar-refractivity contribution is -0.136. The second kappa shape index (κ2) is 11.7. The zero-order chi connectivity index (χ0) is 11.4. The van der Waals surface area contributed by atoms with E-state index in [-0.39, 0.29) is 6.42 Å². The van der Waals surface area contributed by atoms with Crippen molar-refractivity contribution < 1.29 is 9.90 Å². The maximum Gasteiger partial charge on any atom is 0.307 e. The summed E-state index contributed by atoms with van der Waals surface area (Å²) in [4.78, 5) is 10.3. The minimum absolute atomic E-state index is 0.0781. The molecule has 0 spiro atoms. The van der Waals surface area contributed by atoms with Gasteiger partial charge in [0.2, 0.25) is 0 Å². The lowest BCUT2D eigenvalue weighted by Gasteiger charge is -1.94. The van der Waals surface area contributed by atoms with E-state index in [0.717, 1.165) is 5.57 Å². The van der Waals surface area contributed by atoms with Crippen LogP contribution in [0.25, 0.3) is 0 Å². The standard InChI is InChI=1S/C10H14O2.C2H6/c1-3-5-7-9(6-4-2)8-10(11)12;1-2/h3-7H,8H2,1-2H3,(H,11,12);1-2H3/b5-3-,6-4-,9-7+;. The molecule has 2 nitrogen and oxygen atoms in total. The number of carbonyl (C=O) groups is 1. The summed E-state index contributed by atoms with van der Waals surface area (Å²) < 4.78 is 0. The van der Waals surface area contributed by atoms with Gasteiger partial charge in [0.1, 0.15) is 0 Å². The number of hydrogen-bond acceptors (Lipinski definition) is 1.